The highest BCUT2D eigenvalue weighted by Gasteiger charge is 2.34. The van der Waals surface area contributed by atoms with E-state index in [0.717, 1.165) is 17.7 Å². The van der Waals surface area contributed by atoms with Gasteiger partial charge in [-0.05, 0) is 74.0 Å². The highest BCUT2D eigenvalue weighted by molar-refractivity contribution is 7.80. The van der Waals surface area contributed by atoms with Crippen LogP contribution in [0.15, 0.2) is 54.1 Å². The van der Waals surface area contributed by atoms with Crippen LogP contribution in [0, 0.1) is 24.0 Å². The number of nitro benzene ring substituents is 1. The number of aromatic nitrogens is 1. The van der Waals surface area contributed by atoms with Crippen molar-refractivity contribution in [2.45, 2.75) is 27.2 Å². The number of hydrogen-bond donors (Lipinski definition) is 1. The Morgan fingerprint density at radius 3 is 2.42 bits per heavy atom. The summed E-state index contributed by atoms with van der Waals surface area (Å²) in [5.74, 6) is -0.685. The molecule has 4 rings (SSSR count). The Labute approximate surface area is 213 Å². The molecule has 2 heterocycles. The molecule has 0 unspecified atom stereocenters. The van der Waals surface area contributed by atoms with E-state index in [9.17, 15) is 19.7 Å². The quantitative estimate of drug-likeness (QED) is 0.175. The van der Waals surface area contributed by atoms with Crippen LogP contribution in [0.4, 0.5) is 11.4 Å². The number of thiocarbonyl (C=S) groups is 1. The number of nitrogens with one attached hydrogen (secondary N) is 1. The summed E-state index contributed by atoms with van der Waals surface area (Å²) in [4.78, 5) is 38.4. The number of nitro groups is 1. The summed E-state index contributed by atoms with van der Waals surface area (Å²) in [7, 11) is 1.48. The van der Waals surface area contributed by atoms with Crippen molar-refractivity contribution in [3.05, 3.63) is 86.7 Å². The summed E-state index contributed by atoms with van der Waals surface area (Å²) in [5, 5.41) is 14.0. The van der Waals surface area contributed by atoms with Crippen molar-refractivity contribution >= 4 is 46.6 Å². The van der Waals surface area contributed by atoms with E-state index in [0.29, 0.717) is 28.4 Å². The van der Waals surface area contributed by atoms with Crippen molar-refractivity contribution in [1.82, 2.24) is 9.88 Å². The predicted molar refractivity (Wildman–Crippen MR) is 140 cm³/mol. The first-order valence-electron chi connectivity index (χ1n) is 11.2. The van der Waals surface area contributed by atoms with Crippen molar-refractivity contribution < 1.29 is 19.2 Å². The van der Waals surface area contributed by atoms with Crippen LogP contribution in [0.1, 0.15) is 29.4 Å². The maximum atomic E-state index is 13.4. The number of anilines is 1. The molecule has 9 nitrogen and oxygen atoms in total. The Balaban J connectivity index is 1.78. The molecule has 184 valence electrons. The topological polar surface area (TPSA) is 107 Å². The lowest BCUT2D eigenvalue weighted by atomic mass is 10.1. The second kappa shape index (κ2) is 9.74. The number of rotatable bonds is 6. The number of amides is 2. The number of carbonyl (C=O) groups is 2. The molecule has 1 fully saturated rings. The van der Waals surface area contributed by atoms with E-state index in [1.54, 1.807) is 29.7 Å². The number of methoxy groups -OCH3 is 1. The van der Waals surface area contributed by atoms with Crippen molar-refractivity contribution in [1.29, 1.82) is 0 Å². The number of benzene rings is 2. The first kappa shape index (κ1) is 24.8. The van der Waals surface area contributed by atoms with Gasteiger partial charge in [0.05, 0.1) is 23.4 Å². The minimum absolute atomic E-state index is 0.0122. The summed E-state index contributed by atoms with van der Waals surface area (Å²) in [6.07, 6.45) is 2.36. The second-order valence-corrected chi connectivity index (χ2v) is 8.64. The Bertz CT molecular complexity index is 1440. The van der Waals surface area contributed by atoms with Crippen molar-refractivity contribution in [2.75, 3.05) is 12.0 Å². The summed E-state index contributed by atoms with van der Waals surface area (Å²) in [6.45, 7) is 5.66. The first-order chi connectivity index (χ1) is 17.2. The number of ether oxygens (including phenoxy) is 1. The molecule has 0 aliphatic carbocycles. The third-order valence-electron chi connectivity index (χ3n) is 6.09. The third kappa shape index (κ3) is 4.38. The Morgan fingerprint density at radius 2 is 1.81 bits per heavy atom. The minimum Gasteiger partial charge on any atom is -0.495 e. The average Bonchev–Trinajstić information content (AvgIpc) is 3.13. The summed E-state index contributed by atoms with van der Waals surface area (Å²) < 4.78 is 7.22. The standard InChI is InChI=1S/C26H24N4O5S/c1-5-17-6-8-19(9-7-17)29-25(32)21(24(31)27-26(29)36)13-18-12-15(2)28(16(18)3)22-14-20(30(33)34)10-11-23(22)35-4/h6-14H,5H2,1-4H3,(H,27,31,36)/b21-13+. The number of carbonyl (C=O) groups excluding carboxylic acids is 2. The van der Waals surface area contributed by atoms with Gasteiger partial charge >= 0.3 is 0 Å². The fourth-order valence-corrected chi connectivity index (χ4v) is 4.48. The molecule has 0 atom stereocenters. The van der Waals surface area contributed by atoms with Gasteiger partial charge in [0.15, 0.2) is 5.11 Å². The maximum absolute atomic E-state index is 13.4. The molecule has 2 amide bonds. The zero-order chi connectivity index (χ0) is 26.1. The first-order valence-corrected chi connectivity index (χ1v) is 11.6. The van der Waals surface area contributed by atoms with Gasteiger partial charge < -0.3 is 9.30 Å². The highest BCUT2D eigenvalue weighted by Crippen LogP contribution is 2.32. The fraction of sp³-hybridized carbons (Fsp3) is 0.192. The van der Waals surface area contributed by atoms with Gasteiger partial charge in [0.1, 0.15) is 11.3 Å². The van der Waals surface area contributed by atoms with Gasteiger partial charge in [0, 0.05) is 23.5 Å². The van der Waals surface area contributed by atoms with Gasteiger partial charge in [0.25, 0.3) is 17.5 Å². The van der Waals surface area contributed by atoms with Crippen molar-refractivity contribution in [3.8, 4) is 11.4 Å². The zero-order valence-corrected chi connectivity index (χ0v) is 21.0. The number of aryl methyl sites for hydroxylation is 2. The number of hydrogen-bond acceptors (Lipinski definition) is 6. The fourth-order valence-electron chi connectivity index (χ4n) is 4.20. The molecule has 1 aliphatic rings. The SMILES string of the molecule is CCc1ccc(N2C(=O)/C(=C/c3cc(C)n(-c4cc([N+](=O)[O-])ccc4OC)c3C)C(=O)NC2=S)cc1. The third-order valence-corrected chi connectivity index (χ3v) is 6.37. The van der Waals surface area contributed by atoms with Crippen LogP contribution in [0.3, 0.4) is 0 Å². The highest BCUT2D eigenvalue weighted by atomic mass is 32.1. The molecule has 0 radical (unpaired) electrons. The van der Waals surface area contributed by atoms with Gasteiger partial charge in [-0.15, -0.1) is 0 Å². The van der Waals surface area contributed by atoms with E-state index in [1.165, 1.54) is 36.3 Å². The van der Waals surface area contributed by atoms with E-state index in [1.807, 2.05) is 26.0 Å². The lowest BCUT2D eigenvalue weighted by molar-refractivity contribution is -0.384. The molecule has 0 saturated carbocycles. The lowest BCUT2D eigenvalue weighted by Crippen LogP contribution is -2.54. The van der Waals surface area contributed by atoms with Gasteiger partial charge in [-0.2, -0.15) is 0 Å². The molecule has 1 aliphatic heterocycles. The summed E-state index contributed by atoms with van der Waals surface area (Å²) in [6, 6.07) is 13.5. The van der Waals surface area contributed by atoms with E-state index in [2.05, 4.69) is 5.32 Å². The van der Waals surface area contributed by atoms with Crippen molar-refractivity contribution in [2.24, 2.45) is 0 Å². The van der Waals surface area contributed by atoms with Gasteiger partial charge in [0.2, 0.25) is 0 Å². The Morgan fingerprint density at radius 1 is 1.11 bits per heavy atom. The maximum Gasteiger partial charge on any atom is 0.271 e. The lowest BCUT2D eigenvalue weighted by Gasteiger charge is -2.29. The molecular formula is C26H24N4O5S. The van der Waals surface area contributed by atoms with E-state index in [4.69, 9.17) is 17.0 Å². The van der Waals surface area contributed by atoms with E-state index < -0.39 is 16.7 Å². The van der Waals surface area contributed by atoms with Crippen LogP contribution < -0.4 is 15.0 Å². The van der Waals surface area contributed by atoms with Crippen LogP contribution in [-0.4, -0.2) is 33.5 Å². The average molecular weight is 505 g/mol. The second-order valence-electron chi connectivity index (χ2n) is 8.25. The number of non-ortho nitro benzene ring substituents is 1. The van der Waals surface area contributed by atoms with Crippen molar-refractivity contribution in [3.63, 3.8) is 0 Å². The summed E-state index contributed by atoms with van der Waals surface area (Å²) in [5.41, 5.74) is 4.00. The molecule has 0 bridgehead atoms. The van der Waals surface area contributed by atoms with Crippen LogP contribution >= 0.6 is 12.2 Å². The normalized spacial score (nSPS) is 14.8. The number of nitrogens with zero attached hydrogens (tertiary/aromatic N) is 3. The zero-order valence-electron chi connectivity index (χ0n) is 20.2. The molecule has 1 N–H and O–H groups in total. The predicted octanol–water partition coefficient (Wildman–Crippen LogP) is 4.40. The molecular weight excluding hydrogens is 480 g/mol. The molecule has 1 aromatic heterocycles. The Kier molecular flexibility index (Phi) is 6.71. The van der Waals surface area contributed by atoms with Crippen LogP contribution in [0.25, 0.3) is 11.8 Å². The van der Waals surface area contributed by atoms with Crippen LogP contribution in [0.2, 0.25) is 0 Å². The minimum atomic E-state index is -0.593. The summed E-state index contributed by atoms with van der Waals surface area (Å²) >= 11 is 5.29. The van der Waals surface area contributed by atoms with E-state index >= 15 is 0 Å². The molecule has 1 saturated heterocycles. The van der Waals surface area contributed by atoms with Gasteiger partial charge in [-0.25, -0.2) is 0 Å². The molecule has 10 heteroatoms. The van der Waals surface area contributed by atoms with Crippen LogP contribution in [-0.2, 0) is 16.0 Å². The van der Waals surface area contributed by atoms with Gasteiger partial charge in [-0.3, -0.25) is 29.9 Å². The monoisotopic (exact) mass is 504 g/mol. The van der Waals surface area contributed by atoms with E-state index in [-0.39, 0.29) is 16.4 Å². The molecule has 0 spiro atoms. The largest absolute Gasteiger partial charge is 0.495 e. The van der Waals surface area contributed by atoms with Gasteiger partial charge in [-0.1, -0.05) is 19.1 Å². The Hall–Kier alpha value is -4.31. The van der Waals surface area contributed by atoms with Crippen LogP contribution in [0.5, 0.6) is 5.75 Å². The smallest absolute Gasteiger partial charge is 0.271 e. The molecule has 36 heavy (non-hydrogen) atoms. The molecule has 3 aromatic rings. The molecule has 2 aromatic carbocycles.